The van der Waals surface area contributed by atoms with Crippen molar-refractivity contribution in [1.82, 2.24) is 9.80 Å². The lowest BCUT2D eigenvalue weighted by Gasteiger charge is -2.42. The highest BCUT2D eigenvalue weighted by Crippen LogP contribution is 2.67. The van der Waals surface area contributed by atoms with Crippen LogP contribution in [-0.2, 0) is 20.4 Å². The van der Waals surface area contributed by atoms with E-state index in [0.717, 1.165) is 22.7 Å². The first-order chi connectivity index (χ1) is 21.3. The van der Waals surface area contributed by atoms with E-state index in [2.05, 4.69) is 36.9 Å². The molecule has 6 aliphatic rings. The van der Waals surface area contributed by atoms with Crippen LogP contribution in [0.1, 0.15) is 105 Å². The normalized spacial score (nSPS) is 26.9. The third-order valence-corrected chi connectivity index (χ3v) is 16.0. The maximum atomic E-state index is 13.3. The minimum absolute atomic E-state index is 0.0196. The number of fused-ring (bicyclic) bond motifs is 8. The third-order valence-electron chi connectivity index (χ3n) is 10.7. The molecule has 0 N–H and O–H groups in total. The van der Waals surface area contributed by atoms with E-state index < -0.39 is 0 Å². The molecule has 4 fully saturated rings. The van der Waals surface area contributed by atoms with Gasteiger partial charge in [-0.2, -0.15) is 0 Å². The van der Waals surface area contributed by atoms with Crippen LogP contribution >= 0.6 is 71.0 Å². The Labute approximate surface area is 287 Å². The summed E-state index contributed by atoms with van der Waals surface area (Å²) in [5.74, 6) is 0.162. The largest absolute Gasteiger partial charge is 0.317 e. The zero-order chi connectivity index (χ0) is 30.4. The zero-order valence-electron chi connectivity index (χ0n) is 25.1. The molecule has 230 valence electrons. The van der Waals surface area contributed by atoms with Gasteiger partial charge in [0, 0.05) is 43.4 Å². The van der Waals surface area contributed by atoms with E-state index in [1.54, 1.807) is 27.8 Å². The maximum Gasteiger partial charge on any atom is 0.266 e. The topological polar surface area (TPSA) is 40.6 Å². The number of hydrogen-bond donors (Lipinski definition) is 1. The van der Waals surface area contributed by atoms with Crippen LogP contribution < -0.4 is 0 Å². The molecule has 8 rings (SSSR count). The fourth-order valence-corrected chi connectivity index (χ4v) is 14.5. The molecule has 2 aromatic rings. The summed E-state index contributed by atoms with van der Waals surface area (Å²) in [6, 6.07) is 2.43. The molecule has 2 aromatic heterocycles. The van der Waals surface area contributed by atoms with Gasteiger partial charge in [0.25, 0.3) is 11.8 Å². The zero-order valence-corrected chi connectivity index (χ0v) is 30.0. The number of nitrogens with zero attached hydrogens (tertiary/aromatic N) is 2. The summed E-state index contributed by atoms with van der Waals surface area (Å²) in [7, 11) is 0. The number of carbonyl (C=O) groups excluding carboxylic acids is 2. The van der Waals surface area contributed by atoms with E-state index in [-0.39, 0.29) is 27.4 Å². The van der Waals surface area contributed by atoms with Gasteiger partial charge in [0.15, 0.2) is 0 Å². The van der Waals surface area contributed by atoms with Crippen molar-refractivity contribution in [2.45, 2.75) is 93.6 Å². The molecule has 2 spiro atoms. The van der Waals surface area contributed by atoms with Gasteiger partial charge in [-0.05, 0) is 86.1 Å². The first-order valence-electron chi connectivity index (χ1n) is 16.0. The molecule has 44 heavy (non-hydrogen) atoms. The molecule has 0 bridgehead atoms. The molecule has 10 heteroatoms. The number of likely N-dealkylation sites (N-methyl/N-ethyl adjacent to an activating group) is 2. The van der Waals surface area contributed by atoms with Crippen LogP contribution in [0.5, 0.6) is 0 Å². The first kappa shape index (κ1) is 30.1. The fourth-order valence-electron chi connectivity index (χ4n) is 8.66. The van der Waals surface area contributed by atoms with Crippen molar-refractivity contribution < 1.29 is 9.59 Å². The molecule has 0 aromatic carbocycles. The lowest BCUT2D eigenvalue weighted by atomic mass is 9.61. The third kappa shape index (κ3) is 4.26. The van der Waals surface area contributed by atoms with E-state index in [1.165, 1.54) is 93.8 Å². The van der Waals surface area contributed by atoms with Crippen molar-refractivity contribution in [3.8, 4) is 9.75 Å². The Morgan fingerprint density at radius 2 is 1.59 bits per heavy atom. The number of allylic oxidation sites excluding steroid dienone is 2. The minimum Gasteiger partial charge on any atom is -0.317 e. The minimum atomic E-state index is -0.108. The summed E-state index contributed by atoms with van der Waals surface area (Å²) in [6.45, 7) is 5.31. The molecule has 2 aliphatic heterocycles. The standard InChI is InChI=1S/C34H36N2O2S6/c1-3-35-29(37)23(43-31(35)39)16-19-15-22-25(33(19)11-7-5-8-12-33)26-28(42-22)27-21(34(26)13-9-6-10-14-34)17-20(41-27)18-24-30(38)36(4-2)32(40)44-24/h15-18,32,40H,3-14H2,1-2H3/b23-16-,24-18-. The number of carbonyl (C=O) groups is 2. The van der Waals surface area contributed by atoms with Gasteiger partial charge >= 0.3 is 0 Å². The number of thioether (sulfide) groups is 2. The van der Waals surface area contributed by atoms with Crippen LogP contribution in [0.4, 0.5) is 0 Å². The quantitative estimate of drug-likeness (QED) is 0.196. The summed E-state index contributed by atoms with van der Waals surface area (Å²) in [5, 5.41) is 0. The van der Waals surface area contributed by atoms with Crippen LogP contribution in [0.2, 0.25) is 0 Å². The molecule has 4 heterocycles. The van der Waals surface area contributed by atoms with Gasteiger partial charge < -0.3 is 4.90 Å². The number of thiocarbonyl (C=S) groups is 1. The average molecular weight is 697 g/mol. The Bertz CT molecular complexity index is 1700. The molecule has 2 saturated carbocycles. The molecule has 1 atom stereocenters. The van der Waals surface area contributed by atoms with Crippen molar-refractivity contribution in [2.24, 2.45) is 0 Å². The number of thiol groups is 1. The van der Waals surface area contributed by atoms with Crippen molar-refractivity contribution in [1.29, 1.82) is 0 Å². The smallest absolute Gasteiger partial charge is 0.266 e. The van der Waals surface area contributed by atoms with E-state index in [4.69, 9.17) is 12.2 Å². The van der Waals surface area contributed by atoms with Crippen LogP contribution in [0.3, 0.4) is 0 Å². The molecule has 4 aliphatic carbocycles. The Kier molecular flexibility index (Phi) is 7.62. The van der Waals surface area contributed by atoms with Gasteiger partial charge in [-0.25, -0.2) is 0 Å². The lowest BCUT2D eigenvalue weighted by molar-refractivity contribution is -0.125. The number of rotatable bonds is 4. The Hall–Kier alpha value is -1.30. The van der Waals surface area contributed by atoms with Crippen LogP contribution in [0.15, 0.2) is 27.5 Å². The second-order valence-electron chi connectivity index (χ2n) is 12.8. The Balaban J connectivity index is 1.26. The molecular formula is C34H36N2O2S6. The number of amides is 2. The highest BCUT2D eigenvalue weighted by atomic mass is 32.2. The molecule has 4 nitrogen and oxygen atoms in total. The second-order valence-corrected chi connectivity index (χ2v) is 18.6. The highest BCUT2D eigenvalue weighted by Gasteiger charge is 2.54. The van der Waals surface area contributed by atoms with E-state index >= 15 is 0 Å². The first-order valence-corrected chi connectivity index (χ1v) is 20.2. The molecular weight excluding hydrogens is 661 g/mol. The van der Waals surface area contributed by atoms with Crippen molar-refractivity contribution in [2.75, 3.05) is 13.1 Å². The van der Waals surface area contributed by atoms with Crippen LogP contribution in [0, 0.1) is 0 Å². The molecule has 1 unspecified atom stereocenters. The summed E-state index contributed by atoms with van der Waals surface area (Å²) in [4.78, 5) is 37.0. The van der Waals surface area contributed by atoms with Gasteiger partial charge in [-0.3, -0.25) is 14.5 Å². The van der Waals surface area contributed by atoms with E-state index in [9.17, 15) is 9.59 Å². The van der Waals surface area contributed by atoms with Crippen molar-refractivity contribution in [3.05, 3.63) is 54.0 Å². The SMILES string of the molecule is CCN1C(=O)/C(=C/C2=Cc3sc4c(c3C23CCCCC3)C2(CCCCC2)c2cc(/C=C3\SC(S)N(CC)C3=O)sc2-4)SC1=S. The van der Waals surface area contributed by atoms with Crippen LogP contribution in [0.25, 0.3) is 21.9 Å². The number of thiophene rings is 2. The summed E-state index contributed by atoms with van der Waals surface area (Å²) in [5.41, 5.74) is 6.09. The fraction of sp³-hybridized carbons (Fsp3) is 0.500. The van der Waals surface area contributed by atoms with Crippen molar-refractivity contribution >= 4 is 99.3 Å². The summed E-state index contributed by atoms with van der Waals surface area (Å²) >= 11 is 17.1. The molecule has 2 saturated heterocycles. The van der Waals surface area contributed by atoms with Gasteiger partial charge in [0.1, 0.15) is 9.03 Å². The van der Waals surface area contributed by atoms with Gasteiger partial charge in [-0.1, -0.05) is 74.3 Å². The second kappa shape index (κ2) is 11.2. The summed E-state index contributed by atoms with van der Waals surface area (Å²) < 4.78 is 0.570. The molecule has 0 radical (unpaired) electrons. The van der Waals surface area contributed by atoms with E-state index in [1.807, 2.05) is 41.4 Å². The van der Waals surface area contributed by atoms with Crippen molar-refractivity contribution in [3.63, 3.8) is 0 Å². The highest BCUT2D eigenvalue weighted by molar-refractivity contribution is 8.26. The summed E-state index contributed by atoms with van der Waals surface area (Å²) in [6.07, 6.45) is 19.0. The van der Waals surface area contributed by atoms with E-state index in [0.29, 0.717) is 17.4 Å². The monoisotopic (exact) mass is 696 g/mol. The van der Waals surface area contributed by atoms with Crippen LogP contribution in [-0.4, -0.2) is 43.7 Å². The maximum absolute atomic E-state index is 13.3. The number of hydrogen-bond acceptors (Lipinski definition) is 8. The lowest BCUT2D eigenvalue weighted by Crippen LogP contribution is -2.35. The predicted octanol–water partition coefficient (Wildman–Crippen LogP) is 9.55. The average Bonchev–Trinajstić information content (AvgIpc) is 3.82. The molecule has 2 amide bonds. The van der Waals surface area contributed by atoms with Gasteiger partial charge in [0.05, 0.1) is 9.81 Å². The van der Waals surface area contributed by atoms with Gasteiger partial charge in [0.2, 0.25) is 0 Å². The Morgan fingerprint density at radius 3 is 2.23 bits per heavy atom. The Morgan fingerprint density at radius 1 is 0.886 bits per heavy atom. The predicted molar refractivity (Wildman–Crippen MR) is 196 cm³/mol. The van der Waals surface area contributed by atoms with Gasteiger partial charge in [-0.15, -0.1) is 35.3 Å².